The molecule has 0 spiro atoms. The first kappa shape index (κ1) is 13.8. The van der Waals surface area contributed by atoms with Gasteiger partial charge in [0, 0.05) is 5.02 Å². The summed E-state index contributed by atoms with van der Waals surface area (Å²) in [6, 6.07) is 4.91. The molecule has 0 aliphatic carbocycles. The lowest BCUT2D eigenvalue weighted by atomic mass is 10.1. The van der Waals surface area contributed by atoms with E-state index in [2.05, 4.69) is 4.74 Å². The lowest BCUT2D eigenvalue weighted by molar-refractivity contribution is -0.182. The molecular formula is C11H10ClF3O2. The van der Waals surface area contributed by atoms with E-state index < -0.39 is 18.1 Å². The minimum Gasteiger partial charge on any atom is -0.461 e. The fraction of sp³-hybridized carbons (Fsp3) is 0.364. The van der Waals surface area contributed by atoms with E-state index in [0.717, 1.165) is 12.1 Å². The van der Waals surface area contributed by atoms with Gasteiger partial charge in [-0.3, -0.25) is 0 Å². The number of alkyl halides is 3. The van der Waals surface area contributed by atoms with Gasteiger partial charge in [-0.05, 0) is 24.6 Å². The van der Waals surface area contributed by atoms with Crippen LogP contribution in [0.4, 0.5) is 13.2 Å². The number of esters is 1. The number of rotatable bonds is 4. The molecule has 0 aromatic heterocycles. The fourth-order valence-electron chi connectivity index (χ4n) is 1.20. The number of carbonyl (C=O) groups excluding carboxylic acids is 1. The highest BCUT2D eigenvalue weighted by Gasteiger charge is 2.50. The summed E-state index contributed by atoms with van der Waals surface area (Å²) in [7, 11) is 0. The summed E-state index contributed by atoms with van der Waals surface area (Å²) >= 11 is 5.55. The van der Waals surface area contributed by atoms with Gasteiger partial charge in [0.05, 0.1) is 6.61 Å². The third kappa shape index (κ3) is 3.12. The second-order valence-corrected chi connectivity index (χ2v) is 3.70. The topological polar surface area (TPSA) is 26.3 Å². The maximum absolute atomic E-state index is 13.6. The van der Waals surface area contributed by atoms with Crippen molar-refractivity contribution >= 4 is 17.6 Å². The van der Waals surface area contributed by atoms with Crippen LogP contribution in [0.2, 0.25) is 5.02 Å². The van der Waals surface area contributed by atoms with E-state index in [1.807, 2.05) is 0 Å². The molecule has 0 aliphatic heterocycles. The van der Waals surface area contributed by atoms with Crippen LogP contribution in [0.3, 0.4) is 0 Å². The number of benzene rings is 1. The summed E-state index contributed by atoms with van der Waals surface area (Å²) in [6.45, 7) is 1.12. The smallest absolute Gasteiger partial charge is 0.380 e. The monoisotopic (exact) mass is 266 g/mol. The lowest BCUT2D eigenvalue weighted by Gasteiger charge is -2.19. The predicted octanol–water partition coefficient (Wildman–Crippen LogP) is 3.55. The van der Waals surface area contributed by atoms with Crippen LogP contribution in [0.25, 0.3) is 0 Å². The largest absolute Gasteiger partial charge is 0.461 e. The van der Waals surface area contributed by atoms with E-state index in [-0.39, 0.29) is 17.2 Å². The van der Waals surface area contributed by atoms with Crippen LogP contribution in [0.5, 0.6) is 0 Å². The second kappa shape index (κ2) is 5.40. The van der Waals surface area contributed by atoms with Crippen molar-refractivity contribution in [3.05, 3.63) is 34.9 Å². The maximum atomic E-state index is 13.6. The Morgan fingerprint density at radius 1 is 1.53 bits per heavy atom. The second-order valence-electron chi connectivity index (χ2n) is 3.26. The van der Waals surface area contributed by atoms with E-state index in [0.29, 0.717) is 0 Å². The first-order chi connectivity index (χ1) is 7.89. The molecule has 17 heavy (non-hydrogen) atoms. The Hall–Kier alpha value is -1.23. The molecule has 0 heterocycles. The minimum atomic E-state index is -4.22. The van der Waals surface area contributed by atoms with Crippen molar-refractivity contribution in [2.45, 2.75) is 19.0 Å². The quantitative estimate of drug-likeness (QED) is 0.779. The normalized spacial score (nSPS) is 13.2. The highest BCUT2D eigenvalue weighted by atomic mass is 35.5. The molecular weight excluding hydrogens is 257 g/mol. The Balaban J connectivity index is 2.95. The highest BCUT2D eigenvalue weighted by Crippen LogP contribution is 2.36. The van der Waals surface area contributed by atoms with Crippen LogP contribution in [0, 0.1) is 0 Å². The van der Waals surface area contributed by atoms with Gasteiger partial charge in [-0.1, -0.05) is 23.7 Å². The third-order valence-corrected chi connectivity index (χ3v) is 2.24. The molecule has 1 atom stereocenters. The number of hydrogen-bond acceptors (Lipinski definition) is 2. The van der Waals surface area contributed by atoms with Gasteiger partial charge in [0.15, 0.2) is 6.17 Å². The van der Waals surface area contributed by atoms with Crippen LogP contribution >= 0.6 is 11.6 Å². The average molecular weight is 267 g/mol. The number of carbonyl (C=O) groups is 1. The molecule has 0 saturated heterocycles. The van der Waals surface area contributed by atoms with Crippen LogP contribution in [0.15, 0.2) is 24.3 Å². The standard InChI is InChI=1S/C11H10ClF3O2/c1-2-17-10(16)11(14,15)9(13)7-4-3-5-8(12)6-7/h3-6,9H,2H2,1H3. The summed E-state index contributed by atoms with van der Waals surface area (Å²) in [6.07, 6.45) is -2.78. The number of halogens is 4. The van der Waals surface area contributed by atoms with Crippen molar-refractivity contribution in [1.29, 1.82) is 0 Å². The zero-order chi connectivity index (χ0) is 13.1. The average Bonchev–Trinajstić information content (AvgIpc) is 2.28. The summed E-state index contributed by atoms with van der Waals surface area (Å²) < 4.78 is 44.3. The summed E-state index contributed by atoms with van der Waals surface area (Å²) in [4.78, 5) is 10.9. The minimum absolute atomic E-state index is 0.116. The van der Waals surface area contributed by atoms with Crippen LogP contribution in [-0.2, 0) is 9.53 Å². The van der Waals surface area contributed by atoms with Gasteiger partial charge in [-0.15, -0.1) is 0 Å². The molecule has 1 rings (SSSR count). The van der Waals surface area contributed by atoms with E-state index in [4.69, 9.17) is 11.6 Å². The van der Waals surface area contributed by atoms with Crippen molar-refractivity contribution < 1.29 is 22.7 Å². The van der Waals surface area contributed by atoms with E-state index >= 15 is 0 Å². The summed E-state index contributed by atoms with van der Waals surface area (Å²) in [5.74, 6) is -6.10. The van der Waals surface area contributed by atoms with Gasteiger partial charge in [0.25, 0.3) is 0 Å². The van der Waals surface area contributed by atoms with E-state index in [1.165, 1.54) is 19.1 Å². The predicted molar refractivity (Wildman–Crippen MR) is 56.9 cm³/mol. The van der Waals surface area contributed by atoms with E-state index in [9.17, 15) is 18.0 Å². The van der Waals surface area contributed by atoms with Crippen molar-refractivity contribution in [1.82, 2.24) is 0 Å². The number of ether oxygens (including phenoxy) is 1. The molecule has 6 heteroatoms. The Morgan fingerprint density at radius 2 is 2.18 bits per heavy atom. The zero-order valence-corrected chi connectivity index (χ0v) is 9.68. The Labute approximate surface area is 101 Å². The van der Waals surface area contributed by atoms with Crippen molar-refractivity contribution in [2.24, 2.45) is 0 Å². The Bertz CT molecular complexity index is 409. The Morgan fingerprint density at radius 3 is 2.71 bits per heavy atom. The molecule has 2 nitrogen and oxygen atoms in total. The molecule has 0 fully saturated rings. The molecule has 0 N–H and O–H groups in total. The molecule has 0 radical (unpaired) electrons. The highest BCUT2D eigenvalue weighted by molar-refractivity contribution is 6.30. The summed E-state index contributed by atoms with van der Waals surface area (Å²) in [5.41, 5.74) is -0.365. The molecule has 0 aliphatic rings. The molecule has 0 saturated carbocycles. The van der Waals surface area contributed by atoms with Gasteiger partial charge in [0.2, 0.25) is 0 Å². The van der Waals surface area contributed by atoms with Gasteiger partial charge >= 0.3 is 11.9 Å². The maximum Gasteiger partial charge on any atom is 0.380 e. The first-order valence-electron chi connectivity index (χ1n) is 4.84. The van der Waals surface area contributed by atoms with Gasteiger partial charge in [-0.2, -0.15) is 8.78 Å². The SMILES string of the molecule is CCOC(=O)C(F)(F)C(F)c1cccc(Cl)c1. The number of hydrogen-bond donors (Lipinski definition) is 0. The molecule has 94 valence electrons. The van der Waals surface area contributed by atoms with Crippen molar-refractivity contribution in [3.63, 3.8) is 0 Å². The molecule has 1 unspecified atom stereocenters. The lowest BCUT2D eigenvalue weighted by Crippen LogP contribution is -2.35. The molecule has 0 bridgehead atoms. The van der Waals surface area contributed by atoms with Crippen LogP contribution in [0.1, 0.15) is 18.7 Å². The Kier molecular flexibility index (Phi) is 4.40. The molecule has 1 aromatic carbocycles. The van der Waals surface area contributed by atoms with Crippen LogP contribution in [-0.4, -0.2) is 18.5 Å². The zero-order valence-electron chi connectivity index (χ0n) is 8.92. The fourth-order valence-corrected chi connectivity index (χ4v) is 1.40. The van der Waals surface area contributed by atoms with Gasteiger partial charge in [0.1, 0.15) is 0 Å². The van der Waals surface area contributed by atoms with Crippen molar-refractivity contribution in [2.75, 3.05) is 6.61 Å². The molecule has 0 amide bonds. The third-order valence-electron chi connectivity index (χ3n) is 2.01. The molecule has 1 aromatic rings. The van der Waals surface area contributed by atoms with Crippen molar-refractivity contribution in [3.8, 4) is 0 Å². The summed E-state index contributed by atoms with van der Waals surface area (Å²) in [5, 5.41) is 0.116. The van der Waals surface area contributed by atoms with Gasteiger partial charge < -0.3 is 4.74 Å². The first-order valence-corrected chi connectivity index (χ1v) is 5.22. The van der Waals surface area contributed by atoms with Crippen LogP contribution < -0.4 is 0 Å². The van der Waals surface area contributed by atoms with Gasteiger partial charge in [-0.25, -0.2) is 9.18 Å². The van der Waals surface area contributed by atoms with E-state index in [1.54, 1.807) is 0 Å².